The van der Waals surface area contributed by atoms with Crippen molar-refractivity contribution in [3.8, 4) is 0 Å². The number of hydrogen-bond acceptors (Lipinski definition) is 3. The van der Waals surface area contributed by atoms with Gasteiger partial charge in [-0.2, -0.15) is 0 Å². The number of nitrogens with zero attached hydrogens (tertiary/aromatic N) is 3. The van der Waals surface area contributed by atoms with E-state index in [1.54, 1.807) is 0 Å². The summed E-state index contributed by atoms with van der Waals surface area (Å²) in [5.41, 5.74) is 1.23. The summed E-state index contributed by atoms with van der Waals surface area (Å²) >= 11 is 0. The molecule has 6 nitrogen and oxygen atoms in total. The molecule has 0 atom stereocenters. The van der Waals surface area contributed by atoms with E-state index in [4.69, 9.17) is 0 Å². The molecular weight excluding hydrogens is 314 g/mol. The van der Waals surface area contributed by atoms with Crippen LogP contribution in [0.15, 0.2) is 35.3 Å². The maximum Gasteiger partial charge on any atom is 0.244 e. The number of benzene rings is 1. The van der Waals surface area contributed by atoms with Gasteiger partial charge < -0.3 is 20.4 Å². The van der Waals surface area contributed by atoms with Crippen LogP contribution in [-0.2, 0) is 4.79 Å². The average Bonchev–Trinajstić information content (AvgIpc) is 3.49. The number of piperazine rings is 1. The standard InChI is InChI=1S/C19H29N5O/c1-2-20-19(21-14-16-8-9-16)22-15-18(25)24-12-10-23(11-13-24)17-6-4-3-5-7-17/h3-7,16H,2,8-15H2,1H3,(H2,20,21,22). The molecule has 2 N–H and O–H groups in total. The lowest BCUT2D eigenvalue weighted by Crippen LogP contribution is -2.49. The number of para-hydroxylation sites is 1. The highest BCUT2D eigenvalue weighted by atomic mass is 16.2. The number of hydrogen-bond donors (Lipinski definition) is 2. The predicted octanol–water partition coefficient (Wildman–Crippen LogP) is 1.30. The lowest BCUT2D eigenvalue weighted by Gasteiger charge is -2.36. The van der Waals surface area contributed by atoms with E-state index in [-0.39, 0.29) is 12.5 Å². The third-order valence-electron chi connectivity index (χ3n) is 4.73. The van der Waals surface area contributed by atoms with Crippen LogP contribution in [0.3, 0.4) is 0 Å². The Balaban J connectivity index is 1.45. The van der Waals surface area contributed by atoms with E-state index in [9.17, 15) is 4.79 Å². The smallest absolute Gasteiger partial charge is 0.244 e. The zero-order valence-corrected chi connectivity index (χ0v) is 15.1. The summed E-state index contributed by atoms with van der Waals surface area (Å²) in [4.78, 5) is 21.2. The monoisotopic (exact) mass is 343 g/mol. The van der Waals surface area contributed by atoms with Crippen LogP contribution in [0.5, 0.6) is 0 Å². The summed E-state index contributed by atoms with van der Waals surface area (Å²) in [5, 5.41) is 6.54. The highest BCUT2D eigenvalue weighted by Gasteiger charge is 2.22. The molecule has 1 aliphatic heterocycles. The molecule has 1 saturated heterocycles. The second kappa shape index (κ2) is 8.74. The average molecular weight is 343 g/mol. The Morgan fingerprint density at radius 2 is 1.84 bits per heavy atom. The SMILES string of the molecule is CCNC(=NCC(=O)N1CCN(c2ccccc2)CC1)NCC1CC1. The van der Waals surface area contributed by atoms with Gasteiger partial charge in [0.15, 0.2) is 5.96 Å². The van der Waals surface area contributed by atoms with E-state index in [0.29, 0.717) is 0 Å². The summed E-state index contributed by atoms with van der Waals surface area (Å²) < 4.78 is 0. The first-order chi connectivity index (χ1) is 12.3. The molecule has 0 aromatic heterocycles. The van der Waals surface area contributed by atoms with Gasteiger partial charge in [-0.25, -0.2) is 4.99 Å². The molecule has 1 aromatic rings. The molecule has 0 bridgehead atoms. The first-order valence-corrected chi connectivity index (χ1v) is 9.36. The second-order valence-corrected chi connectivity index (χ2v) is 6.72. The molecule has 0 radical (unpaired) electrons. The Bertz CT molecular complexity index is 577. The maximum atomic E-state index is 12.4. The molecule has 25 heavy (non-hydrogen) atoms. The lowest BCUT2D eigenvalue weighted by molar-refractivity contribution is -0.129. The predicted molar refractivity (Wildman–Crippen MR) is 102 cm³/mol. The minimum Gasteiger partial charge on any atom is -0.368 e. The number of carbonyl (C=O) groups is 1. The number of anilines is 1. The molecule has 1 saturated carbocycles. The van der Waals surface area contributed by atoms with Crippen molar-refractivity contribution in [2.45, 2.75) is 19.8 Å². The van der Waals surface area contributed by atoms with Gasteiger partial charge in [0, 0.05) is 45.0 Å². The van der Waals surface area contributed by atoms with Crippen LogP contribution in [-0.4, -0.2) is 62.6 Å². The van der Waals surface area contributed by atoms with Gasteiger partial charge in [0.1, 0.15) is 6.54 Å². The van der Waals surface area contributed by atoms with Crippen LogP contribution >= 0.6 is 0 Å². The Hall–Kier alpha value is -2.24. The largest absolute Gasteiger partial charge is 0.368 e. The van der Waals surface area contributed by atoms with Gasteiger partial charge in [0.05, 0.1) is 0 Å². The maximum absolute atomic E-state index is 12.4. The molecule has 136 valence electrons. The van der Waals surface area contributed by atoms with E-state index >= 15 is 0 Å². The van der Waals surface area contributed by atoms with Crippen LogP contribution in [0.1, 0.15) is 19.8 Å². The van der Waals surface area contributed by atoms with Crippen LogP contribution in [0.4, 0.5) is 5.69 Å². The lowest BCUT2D eigenvalue weighted by atomic mass is 10.2. The topological polar surface area (TPSA) is 60.0 Å². The molecule has 0 unspecified atom stereocenters. The zero-order chi connectivity index (χ0) is 17.5. The minimum atomic E-state index is 0.108. The van der Waals surface area contributed by atoms with Gasteiger partial charge in [-0.3, -0.25) is 4.79 Å². The Morgan fingerprint density at radius 3 is 2.48 bits per heavy atom. The fraction of sp³-hybridized carbons (Fsp3) is 0.579. The third-order valence-corrected chi connectivity index (χ3v) is 4.73. The first kappa shape index (κ1) is 17.6. The van der Waals surface area contributed by atoms with Gasteiger partial charge in [-0.05, 0) is 37.8 Å². The van der Waals surface area contributed by atoms with Crippen molar-refractivity contribution in [2.24, 2.45) is 10.9 Å². The van der Waals surface area contributed by atoms with Crippen molar-refractivity contribution in [1.82, 2.24) is 15.5 Å². The molecule has 0 spiro atoms. The number of aliphatic imine (C=N–C) groups is 1. The Morgan fingerprint density at radius 1 is 1.12 bits per heavy atom. The van der Waals surface area contributed by atoms with Crippen molar-refractivity contribution >= 4 is 17.6 Å². The number of amides is 1. The highest BCUT2D eigenvalue weighted by molar-refractivity contribution is 5.85. The number of guanidine groups is 1. The van der Waals surface area contributed by atoms with Gasteiger partial charge >= 0.3 is 0 Å². The van der Waals surface area contributed by atoms with Crippen molar-refractivity contribution in [3.63, 3.8) is 0 Å². The zero-order valence-electron chi connectivity index (χ0n) is 15.1. The summed E-state index contributed by atoms with van der Waals surface area (Å²) in [7, 11) is 0. The van der Waals surface area contributed by atoms with E-state index in [0.717, 1.165) is 51.1 Å². The number of rotatable bonds is 6. The normalized spacial score (nSPS) is 18.2. The summed E-state index contributed by atoms with van der Waals surface area (Å²) in [6.45, 7) is 7.28. The van der Waals surface area contributed by atoms with Crippen molar-refractivity contribution in [1.29, 1.82) is 0 Å². The molecule has 6 heteroatoms. The van der Waals surface area contributed by atoms with Gasteiger partial charge in [-0.15, -0.1) is 0 Å². The minimum absolute atomic E-state index is 0.108. The molecule has 2 aliphatic rings. The molecule has 1 amide bonds. The van der Waals surface area contributed by atoms with E-state index in [1.165, 1.54) is 18.5 Å². The molecule has 1 heterocycles. The van der Waals surface area contributed by atoms with Crippen molar-refractivity contribution < 1.29 is 4.79 Å². The second-order valence-electron chi connectivity index (χ2n) is 6.72. The highest BCUT2D eigenvalue weighted by Crippen LogP contribution is 2.27. The summed E-state index contributed by atoms with van der Waals surface area (Å²) in [6.07, 6.45) is 2.61. The molecule has 1 aromatic carbocycles. The quantitative estimate of drug-likeness (QED) is 0.604. The van der Waals surface area contributed by atoms with Crippen LogP contribution in [0.25, 0.3) is 0 Å². The van der Waals surface area contributed by atoms with Gasteiger partial charge in [0.2, 0.25) is 5.91 Å². The molecule has 3 rings (SSSR count). The van der Waals surface area contributed by atoms with E-state index in [1.807, 2.05) is 17.9 Å². The van der Waals surface area contributed by atoms with Crippen molar-refractivity contribution in [3.05, 3.63) is 30.3 Å². The first-order valence-electron chi connectivity index (χ1n) is 9.36. The number of carbonyl (C=O) groups excluding carboxylic acids is 1. The van der Waals surface area contributed by atoms with Crippen LogP contribution in [0.2, 0.25) is 0 Å². The van der Waals surface area contributed by atoms with Gasteiger partial charge in [-0.1, -0.05) is 18.2 Å². The van der Waals surface area contributed by atoms with Gasteiger partial charge in [0.25, 0.3) is 0 Å². The van der Waals surface area contributed by atoms with E-state index in [2.05, 4.69) is 44.8 Å². The van der Waals surface area contributed by atoms with Crippen molar-refractivity contribution in [2.75, 3.05) is 50.7 Å². The molecule has 2 fully saturated rings. The summed E-state index contributed by atoms with van der Waals surface area (Å²) in [5.74, 6) is 1.65. The molecular formula is C19H29N5O. The Labute approximate surface area is 150 Å². The fourth-order valence-corrected chi connectivity index (χ4v) is 3.00. The van der Waals surface area contributed by atoms with E-state index < -0.39 is 0 Å². The van der Waals surface area contributed by atoms with Crippen LogP contribution in [0, 0.1) is 5.92 Å². The number of nitrogens with one attached hydrogen (secondary N) is 2. The Kier molecular flexibility index (Phi) is 6.14. The fourth-order valence-electron chi connectivity index (χ4n) is 3.00. The summed E-state index contributed by atoms with van der Waals surface area (Å²) in [6, 6.07) is 10.4. The molecule has 1 aliphatic carbocycles. The third kappa shape index (κ3) is 5.37. The van der Waals surface area contributed by atoms with Crippen LogP contribution < -0.4 is 15.5 Å².